The summed E-state index contributed by atoms with van der Waals surface area (Å²) in [5.41, 5.74) is 2.56. The molecule has 1 aliphatic heterocycles. The Morgan fingerprint density at radius 3 is 2.22 bits per heavy atom. The zero-order valence-corrected chi connectivity index (χ0v) is 22.3. The van der Waals surface area contributed by atoms with E-state index in [0.29, 0.717) is 39.8 Å². The molecule has 0 radical (unpaired) electrons. The van der Waals surface area contributed by atoms with Crippen molar-refractivity contribution in [2.24, 2.45) is 4.99 Å². The van der Waals surface area contributed by atoms with Crippen LogP contribution >= 0.6 is 10.7 Å². The van der Waals surface area contributed by atoms with Gasteiger partial charge in [0.15, 0.2) is 0 Å². The van der Waals surface area contributed by atoms with Crippen LogP contribution in [0.3, 0.4) is 0 Å². The number of rotatable bonds is 7. The van der Waals surface area contributed by atoms with Crippen molar-refractivity contribution in [3.05, 3.63) is 60.0 Å². The van der Waals surface area contributed by atoms with Crippen molar-refractivity contribution in [2.75, 3.05) is 24.5 Å². The van der Waals surface area contributed by atoms with Crippen molar-refractivity contribution >= 4 is 46.5 Å². The Balaban J connectivity index is 2.17. The van der Waals surface area contributed by atoms with Gasteiger partial charge in [0, 0.05) is 70.2 Å². The third-order valence-corrected chi connectivity index (χ3v) is 8.19. The molecule has 2 aliphatic rings. The summed E-state index contributed by atoms with van der Waals surface area (Å²) in [6.07, 6.45) is 0. The van der Waals surface area contributed by atoms with E-state index in [1.807, 2.05) is 39.0 Å². The smallest absolute Gasteiger partial charge is 0.295 e. The lowest BCUT2D eigenvalue weighted by Gasteiger charge is -2.22. The van der Waals surface area contributed by atoms with Crippen LogP contribution in [-0.4, -0.2) is 41.0 Å². The molecule has 190 valence electrons. The van der Waals surface area contributed by atoms with Crippen LogP contribution in [0.1, 0.15) is 20.8 Å². The first-order valence-corrected chi connectivity index (χ1v) is 15.1. The fraction of sp³-hybridized carbons (Fsp3) is 0.240. The van der Waals surface area contributed by atoms with Crippen LogP contribution in [-0.2, 0) is 19.2 Å². The Hall–Kier alpha value is -2.92. The summed E-state index contributed by atoms with van der Waals surface area (Å²) in [5, 5.41) is 1.28. The second-order valence-corrected chi connectivity index (χ2v) is 12.0. The number of benzene rings is 3. The predicted molar refractivity (Wildman–Crippen MR) is 141 cm³/mol. The summed E-state index contributed by atoms with van der Waals surface area (Å²) in [7, 11) is -3.61. The molecule has 0 amide bonds. The molecule has 0 atom stereocenters. The minimum Gasteiger partial charge on any atom is -0.456 e. The lowest BCUT2D eigenvalue weighted by molar-refractivity contribution is 0.483. The first-order chi connectivity index (χ1) is 17.0. The van der Waals surface area contributed by atoms with Crippen LogP contribution < -0.4 is 10.3 Å². The van der Waals surface area contributed by atoms with Crippen LogP contribution in [0.15, 0.2) is 73.8 Å². The molecule has 0 unspecified atom stereocenters. The van der Waals surface area contributed by atoms with Crippen molar-refractivity contribution in [2.45, 2.75) is 30.6 Å². The average Bonchev–Trinajstić information content (AvgIpc) is 2.82. The second-order valence-electron chi connectivity index (χ2n) is 8.06. The van der Waals surface area contributed by atoms with Crippen LogP contribution in [0.4, 0.5) is 5.69 Å². The van der Waals surface area contributed by atoms with Gasteiger partial charge in [0.2, 0.25) is 0 Å². The van der Waals surface area contributed by atoms with Crippen LogP contribution in [0.25, 0.3) is 33.4 Å². The van der Waals surface area contributed by atoms with E-state index in [-0.39, 0.29) is 5.56 Å². The third-order valence-electron chi connectivity index (χ3n) is 5.94. The van der Waals surface area contributed by atoms with Crippen molar-refractivity contribution in [3.63, 3.8) is 0 Å². The Morgan fingerprint density at radius 2 is 1.61 bits per heavy atom. The molecule has 1 heterocycles. The van der Waals surface area contributed by atoms with Crippen molar-refractivity contribution in [1.29, 1.82) is 0 Å². The van der Waals surface area contributed by atoms with Crippen LogP contribution in [0.2, 0.25) is 0 Å². The Kier molecular flexibility index (Phi) is 7.16. The summed E-state index contributed by atoms with van der Waals surface area (Å²) in [6, 6.07) is 14.3. The molecule has 8 nitrogen and oxygen atoms in total. The third kappa shape index (κ3) is 4.99. The maximum atomic E-state index is 12.4. The first-order valence-electron chi connectivity index (χ1n) is 11.3. The zero-order chi connectivity index (χ0) is 26.3. The predicted octanol–water partition coefficient (Wildman–Crippen LogP) is 5.15. The van der Waals surface area contributed by atoms with Gasteiger partial charge in [0.05, 0.1) is 10.3 Å². The highest BCUT2D eigenvalue weighted by molar-refractivity contribution is 8.13. The quantitative estimate of drug-likeness (QED) is 0.193. The maximum Gasteiger partial charge on any atom is 0.295 e. The minimum atomic E-state index is -4.83. The molecule has 0 bridgehead atoms. The first kappa shape index (κ1) is 26.2. The van der Waals surface area contributed by atoms with E-state index in [9.17, 15) is 21.4 Å². The number of nitrogens with zero attached hydrogens (tertiary/aromatic N) is 2. The largest absolute Gasteiger partial charge is 0.456 e. The highest BCUT2D eigenvalue weighted by atomic mass is 35.7. The normalized spacial score (nSPS) is 13.0. The summed E-state index contributed by atoms with van der Waals surface area (Å²) in [6.45, 7) is 8.13. The molecule has 2 aromatic rings. The SMILES string of the molecule is CCN=c1ccc2c(-c3ccc(S(=O)(=O)Cl)cc3S(=O)(=O)O)c3ccc(N(CC)CC)cc3oc-2c1. The van der Waals surface area contributed by atoms with Crippen LogP contribution in [0.5, 0.6) is 0 Å². The van der Waals surface area contributed by atoms with Gasteiger partial charge in [0.1, 0.15) is 16.2 Å². The van der Waals surface area contributed by atoms with Gasteiger partial charge in [-0.25, -0.2) is 8.42 Å². The van der Waals surface area contributed by atoms with Gasteiger partial charge < -0.3 is 9.32 Å². The molecule has 0 aromatic heterocycles. The zero-order valence-electron chi connectivity index (χ0n) is 19.9. The molecule has 36 heavy (non-hydrogen) atoms. The van der Waals surface area contributed by atoms with E-state index in [1.54, 1.807) is 18.2 Å². The lowest BCUT2D eigenvalue weighted by Crippen LogP contribution is -2.21. The molecule has 0 spiro atoms. The van der Waals surface area contributed by atoms with Crippen molar-refractivity contribution < 1.29 is 25.8 Å². The van der Waals surface area contributed by atoms with E-state index >= 15 is 0 Å². The summed E-state index contributed by atoms with van der Waals surface area (Å²) in [5.74, 6) is 0.458. The average molecular weight is 549 g/mol. The topological polar surface area (TPSA) is 117 Å². The second kappa shape index (κ2) is 9.85. The van der Waals surface area contributed by atoms with E-state index in [0.717, 1.165) is 24.8 Å². The maximum absolute atomic E-state index is 12.4. The molecule has 11 heteroatoms. The number of fused-ring (bicyclic) bond motifs is 2. The van der Waals surface area contributed by atoms with E-state index in [4.69, 9.17) is 15.1 Å². The van der Waals surface area contributed by atoms with Gasteiger partial charge in [-0.15, -0.1) is 0 Å². The number of hydrogen-bond acceptors (Lipinski definition) is 7. The minimum absolute atomic E-state index is 0.114. The monoisotopic (exact) mass is 548 g/mol. The van der Waals surface area contributed by atoms with Gasteiger partial charge in [-0.2, -0.15) is 8.42 Å². The molecule has 0 saturated carbocycles. The Bertz CT molecular complexity index is 1710. The highest BCUT2D eigenvalue weighted by Gasteiger charge is 2.26. The fourth-order valence-corrected chi connectivity index (χ4v) is 5.87. The molecular weight excluding hydrogens is 524 g/mol. The molecule has 1 N–H and O–H groups in total. The Labute approximate surface area is 214 Å². The number of halogens is 1. The fourth-order valence-electron chi connectivity index (χ4n) is 4.30. The molecular formula is C25H25ClN2O6S2. The number of anilines is 1. The van der Waals surface area contributed by atoms with Crippen molar-refractivity contribution in [1.82, 2.24) is 0 Å². The van der Waals surface area contributed by atoms with Gasteiger partial charge in [0.25, 0.3) is 19.2 Å². The van der Waals surface area contributed by atoms with E-state index in [2.05, 4.69) is 9.89 Å². The molecule has 4 rings (SSSR count). The lowest BCUT2D eigenvalue weighted by atomic mass is 9.93. The van der Waals surface area contributed by atoms with Gasteiger partial charge in [-0.05, 0) is 57.2 Å². The standard InChI is InChI=1S/C25H25ClN2O6S2/c1-4-27-16-7-10-19-22(13-16)34-23-14-17(28(5-2)6-3)8-11-20(23)25(19)21-12-9-18(35(26,29)30)15-24(21)36(31,32)33/h7-15H,4-6H2,1-3H3,(H,31,32,33). The van der Waals surface area contributed by atoms with E-state index < -0.39 is 29.0 Å². The van der Waals surface area contributed by atoms with Gasteiger partial charge >= 0.3 is 0 Å². The molecule has 0 saturated heterocycles. The van der Waals surface area contributed by atoms with Gasteiger partial charge in [-0.1, -0.05) is 6.07 Å². The van der Waals surface area contributed by atoms with E-state index in [1.165, 1.54) is 12.1 Å². The summed E-state index contributed by atoms with van der Waals surface area (Å²) in [4.78, 5) is 5.55. The highest BCUT2D eigenvalue weighted by Crippen LogP contribution is 2.43. The summed E-state index contributed by atoms with van der Waals surface area (Å²) < 4.78 is 64.9. The molecule has 0 fully saturated rings. The van der Waals surface area contributed by atoms with Crippen molar-refractivity contribution in [3.8, 4) is 22.5 Å². The summed E-state index contributed by atoms with van der Waals surface area (Å²) >= 11 is 0. The number of hydrogen-bond donors (Lipinski definition) is 1. The Morgan fingerprint density at radius 1 is 0.917 bits per heavy atom. The molecule has 2 aromatic carbocycles. The van der Waals surface area contributed by atoms with Gasteiger partial charge in [-0.3, -0.25) is 9.55 Å². The van der Waals surface area contributed by atoms with Crippen LogP contribution in [0, 0.1) is 0 Å². The molecule has 1 aliphatic carbocycles.